The quantitative estimate of drug-likeness (QED) is 0.668. The Morgan fingerprint density at radius 2 is 2.03 bits per heavy atom. The van der Waals surface area contributed by atoms with Crippen LogP contribution in [0.15, 0.2) is 24.3 Å². The summed E-state index contributed by atoms with van der Waals surface area (Å²) >= 11 is 0. The number of methoxy groups -OCH3 is 1. The van der Waals surface area contributed by atoms with Crippen LogP contribution in [-0.2, 0) is 14.3 Å². The highest BCUT2D eigenvalue weighted by molar-refractivity contribution is 5.78. The number of nitriles is 1. The Labute approximate surface area is 191 Å². The molecule has 2 saturated heterocycles. The largest absolute Gasteiger partial charge is 0.483 e. The van der Waals surface area contributed by atoms with E-state index in [9.17, 15) is 10.1 Å². The molecule has 7 nitrogen and oxygen atoms in total. The Hall–Kier alpha value is -2.14. The molecule has 1 aromatic carbocycles. The third-order valence-corrected chi connectivity index (χ3v) is 7.21. The van der Waals surface area contributed by atoms with E-state index < -0.39 is 5.41 Å². The molecule has 32 heavy (non-hydrogen) atoms. The molecule has 0 unspecified atom stereocenters. The van der Waals surface area contributed by atoms with E-state index in [1.807, 2.05) is 17.0 Å². The molecule has 174 valence electrons. The van der Waals surface area contributed by atoms with Crippen molar-refractivity contribution >= 4 is 5.91 Å². The summed E-state index contributed by atoms with van der Waals surface area (Å²) in [4.78, 5) is 14.8. The van der Waals surface area contributed by atoms with Crippen LogP contribution in [0.4, 0.5) is 0 Å². The number of piperidine rings is 1. The SMILES string of the molecule is COC1CCC(c2ccccc2OCC(=O)N2CCC[C@H](NCC3(C#N)COC3)C2)CC1. The highest BCUT2D eigenvalue weighted by Gasteiger charge is 2.39. The first-order chi connectivity index (χ1) is 15.6. The first kappa shape index (κ1) is 23.0. The van der Waals surface area contributed by atoms with Crippen molar-refractivity contribution < 1.29 is 19.0 Å². The van der Waals surface area contributed by atoms with E-state index >= 15 is 0 Å². The molecule has 0 spiro atoms. The topological polar surface area (TPSA) is 83.8 Å². The maximum atomic E-state index is 12.9. The number of benzene rings is 1. The predicted octanol–water partition coefficient (Wildman–Crippen LogP) is 2.86. The van der Waals surface area contributed by atoms with Crippen LogP contribution in [0.3, 0.4) is 0 Å². The summed E-state index contributed by atoms with van der Waals surface area (Å²) in [5.41, 5.74) is 0.805. The zero-order valence-electron chi connectivity index (χ0n) is 19.1. The second kappa shape index (κ2) is 10.7. The average molecular weight is 442 g/mol. The van der Waals surface area contributed by atoms with Crippen molar-refractivity contribution in [3.63, 3.8) is 0 Å². The number of nitrogens with zero attached hydrogens (tertiary/aromatic N) is 2. The van der Waals surface area contributed by atoms with E-state index in [1.54, 1.807) is 7.11 Å². The summed E-state index contributed by atoms with van der Waals surface area (Å²) in [6.07, 6.45) is 6.63. The van der Waals surface area contributed by atoms with E-state index in [4.69, 9.17) is 14.2 Å². The van der Waals surface area contributed by atoms with Gasteiger partial charge in [0.25, 0.3) is 5.91 Å². The van der Waals surface area contributed by atoms with Gasteiger partial charge in [-0.05, 0) is 56.1 Å². The number of para-hydroxylation sites is 1. The van der Waals surface area contributed by atoms with Crippen LogP contribution in [0, 0.1) is 16.7 Å². The van der Waals surface area contributed by atoms with Gasteiger partial charge in [-0.1, -0.05) is 18.2 Å². The molecule has 2 aliphatic heterocycles. The van der Waals surface area contributed by atoms with Crippen LogP contribution >= 0.6 is 0 Å². The normalized spacial score (nSPS) is 27.2. The smallest absolute Gasteiger partial charge is 0.260 e. The second-order valence-electron chi connectivity index (χ2n) is 9.48. The molecular weight excluding hydrogens is 406 g/mol. The van der Waals surface area contributed by atoms with Crippen molar-refractivity contribution in [1.29, 1.82) is 5.26 Å². The number of ether oxygens (including phenoxy) is 3. The fourth-order valence-corrected chi connectivity index (χ4v) is 5.05. The third kappa shape index (κ3) is 5.43. The van der Waals surface area contributed by atoms with Gasteiger partial charge in [0.1, 0.15) is 11.2 Å². The number of carbonyl (C=O) groups excluding carboxylic acids is 1. The van der Waals surface area contributed by atoms with Gasteiger partial charge in [-0.3, -0.25) is 4.79 Å². The Bertz CT molecular complexity index is 812. The molecule has 0 aromatic heterocycles. The molecule has 2 heterocycles. The molecule has 1 N–H and O–H groups in total. The maximum absolute atomic E-state index is 12.9. The minimum Gasteiger partial charge on any atom is -0.483 e. The number of amides is 1. The minimum absolute atomic E-state index is 0.0244. The van der Waals surface area contributed by atoms with Crippen LogP contribution in [0.5, 0.6) is 5.75 Å². The number of rotatable bonds is 8. The lowest BCUT2D eigenvalue weighted by molar-refractivity contribution is -0.134. The van der Waals surface area contributed by atoms with E-state index in [1.165, 1.54) is 5.56 Å². The van der Waals surface area contributed by atoms with E-state index in [0.717, 1.165) is 50.8 Å². The molecule has 1 saturated carbocycles. The van der Waals surface area contributed by atoms with Crippen LogP contribution < -0.4 is 10.1 Å². The molecule has 3 aliphatic rings. The van der Waals surface area contributed by atoms with Crippen LogP contribution in [0.1, 0.15) is 50.0 Å². The van der Waals surface area contributed by atoms with Gasteiger partial charge in [0.05, 0.1) is 25.4 Å². The van der Waals surface area contributed by atoms with Gasteiger partial charge in [-0.25, -0.2) is 0 Å². The van der Waals surface area contributed by atoms with E-state index in [2.05, 4.69) is 23.5 Å². The third-order valence-electron chi connectivity index (χ3n) is 7.21. The molecule has 1 aliphatic carbocycles. The van der Waals surface area contributed by atoms with Crippen molar-refractivity contribution in [1.82, 2.24) is 10.2 Å². The molecular formula is C25H35N3O4. The standard InChI is InChI=1S/C25H35N3O4/c1-30-21-10-8-19(9-11-21)22-6-2-3-7-23(22)32-14-24(29)28-12-4-5-20(13-28)27-16-25(15-26)17-31-18-25/h2-3,6-7,19-21,27H,4-5,8-14,16-18H2,1H3/t19?,20-,21?/m0/s1. The Kier molecular flexibility index (Phi) is 7.67. The predicted molar refractivity (Wildman–Crippen MR) is 120 cm³/mol. The molecule has 1 amide bonds. The van der Waals surface area contributed by atoms with Gasteiger partial charge >= 0.3 is 0 Å². The molecule has 1 aromatic rings. The van der Waals surface area contributed by atoms with Gasteiger partial charge in [0.15, 0.2) is 6.61 Å². The lowest BCUT2D eigenvalue weighted by atomic mass is 9.82. The minimum atomic E-state index is -0.401. The summed E-state index contributed by atoms with van der Waals surface area (Å²) in [6, 6.07) is 10.7. The second-order valence-corrected chi connectivity index (χ2v) is 9.48. The number of likely N-dealkylation sites (tertiary alicyclic amines) is 1. The molecule has 4 rings (SSSR count). The van der Waals surface area contributed by atoms with Crippen molar-refractivity contribution in [2.75, 3.05) is 46.6 Å². The van der Waals surface area contributed by atoms with E-state index in [-0.39, 0.29) is 18.6 Å². The van der Waals surface area contributed by atoms with Crippen LogP contribution in [-0.4, -0.2) is 69.5 Å². The zero-order chi connectivity index (χ0) is 22.4. The lowest BCUT2D eigenvalue weighted by Crippen LogP contribution is -2.55. The molecule has 0 radical (unpaired) electrons. The Morgan fingerprint density at radius 1 is 1.25 bits per heavy atom. The molecule has 1 atom stereocenters. The summed E-state index contributed by atoms with van der Waals surface area (Å²) < 4.78 is 16.8. The monoisotopic (exact) mass is 441 g/mol. The average Bonchev–Trinajstić information content (AvgIpc) is 2.82. The van der Waals surface area contributed by atoms with Crippen LogP contribution in [0.2, 0.25) is 0 Å². The maximum Gasteiger partial charge on any atom is 0.260 e. The summed E-state index contributed by atoms with van der Waals surface area (Å²) in [7, 11) is 1.79. The molecule has 3 fully saturated rings. The summed E-state index contributed by atoms with van der Waals surface area (Å²) in [6.45, 7) is 3.08. The van der Waals surface area contributed by atoms with Gasteiger partial charge in [0, 0.05) is 32.8 Å². The van der Waals surface area contributed by atoms with Crippen molar-refractivity contribution in [3.8, 4) is 11.8 Å². The number of nitrogens with one attached hydrogen (secondary N) is 1. The zero-order valence-corrected chi connectivity index (χ0v) is 19.1. The fraction of sp³-hybridized carbons (Fsp3) is 0.680. The first-order valence-corrected chi connectivity index (χ1v) is 11.9. The van der Waals surface area contributed by atoms with Crippen LogP contribution in [0.25, 0.3) is 0 Å². The van der Waals surface area contributed by atoms with Crippen molar-refractivity contribution in [3.05, 3.63) is 29.8 Å². The Morgan fingerprint density at radius 3 is 2.72 bits per heavy atom. The Balaban J connectivity index is 1.28. The molecule has 0 bridgehead atoms. The first-order valence-electron chi connectivity index (χ1n) is 11.9. The lowest BCUT2D eigenvalue weighted by Gasteiger charge is -2.38. The van der Waals surface area contributed by atoms with Gasteiger partial charge < -0.3 is 24.4 Å². The van der Waals surface area contributed by atoms with Gasteiger partial charge in [-0.15, -0.1) is 0 Å². The number of hydrogen-bond donors (Lipinski definition) is 1. The van der Waals surface area contributed by atoms with Crippen molar-refractivity contribution in [2.45, 2.75) is 56.6 Å². The summed E-state index contributed by atoms with van der Waals surface area (Å²) in [5.74, 6) is 1.31. The highest BCUT2D eigenvalue weighted by atomic mass is 16.5. The van der Waals surface area contributed by atoms with Crippen molar-refractivity contribution in [2.24, 2.45) is 5.41 Å². The van der Waals surface area contributed by atoms with E-state index in [0.29, 0.717) is 38.3 Å². The summed E-state index contributed by atoms with van der Waals surface area (Å²) in [5, 5.41) is 12.9. The number of hydrogen-bond acceptors (Lipinski definition) is 6. The highest BCUT2D eigenvalue weighted by Crippen LogP contribution is 2.38. The fourth-order valence-electron chi connectivity index (χ4n) is 5.05. The van der Waals surface area contributed by atoms with Gasteiger partial charge in [-0.2, -0.15) is 5.26 Å². The number of carbonyl (C=O) groups is 1. The molecule has 7 heteroatoms. The van der Waals surface area contributed by atoms with Gasteiger partial charge in [0.2, 0.25) is 0 Å².